The molecule has 4 rings (SSSR count). The Morgan fingerprint density at radius 2 is 1.83 bits per heavy atom. The number of halogens is 1. The van der Waals surface area contributed by atoms with Crippen LogP contribution in [0, 0.1) is 0 Å². The minimum atomic E-state index is -0.487. The van der Waals surface area contributed by atoms with Gasteiger partial charge < -0.3 is 9.64 Å². The third-order valence-corrected chi connectivity index (χ3v) is 4.24. The van der Waals surface area contributed by atoms with Crippen molar-refractivity contribution in [2.75, 3.05) is 31.3 Å². The zero-order chi connectivity index (χ0) is 16.4. The zero-order valence-corrected chi connectivity index (χ0v) is 13.4. The second kappa shape index (κ2) is 6.47. The lowest BCUT2D eigenvalue weighted by Gasteiger charge is -2.15. The molecule has 0 atom stereocenters. The summed E-state index contributed by atoms with van der Waals surface area (Å²) in [5.74, 6) is 2.36. The van der Waals surface area contributed by atoms with Crippen LogP contribution in [0.15, 0.2) is 42.7 Å². The van der Waals surface area contributed by atoms with Gasteiger partial charge in [-0.2, -0.15) is 4.98 Å². The third-order valence-electron chi connectivity index (χ3n) is 4.24. The zero-order valence-electron chi connectivity index (χ0n) is 13.4. The maximum absolute atomic E-state index is 12.1. The first kappa shape index (κ1) is 14.9. The van der Waals surface area contributed by atoms with Crippen LogP contribution in [0.2, 0.25) is 0 Å². The molecule has 1 aliphatic heterocycles. The van der Waals surface area contributed by atoms with Crippen molar-refractivity contribution in [1.82, 2.24) is 14.4 Å². The van der Waals surface area contributed by atoms with E-state index in [0.717, 1.165) is 30.2 Å². The first-order chi connectivity index (χ1) is 11.8. The lowest BCUT2D eigenvalue weighted by Crippen LogP contribution is -2.19. The fourth-order valence-corrected chi connectivity index (χ4v) is 3.00. The summed E-state index contributed by atoms with van der Waals surface area (Å²) in [7, 11) is 0. The highest BCUT2D eigenvalue weighted by molar-refractivity contribution is 5.63. The van der Waals surface area contributed by atoms with Crippen molar-refractivity contribution >= 4 is 11.6 Å². The minimum Gasteiger partial charge on any atom is -0.491 e. The van der Waals surface area contributed by atoms with E-state index >= 15 is 0 Å². The highest BCUT2D eigenvalue weighted by Crippen LogP contribution is 2.23. The van der Waals surface area contributed by atoms with E-state index in [-0.39, 0.29) is 6.61 Å². The van der Waals surface area contributed by atoms with Gasteiger partial charge in [-0.25, -0.2) is 9.37 Å². The van der Waals surface area contributed by atoms with Crippen LogP contribution in [0.1, 0.15) is 12.8 Å². The average molecular weight is 326 g/mol. The van der Waals surface area contributed by atoms with Crippen LogP contribution in [0.4, 0.5) is 10.2 Å². The Kier molecular flexibility index (Phi) is 4.02. The summed E-state index contributed by atoms with van der Waals surface area (Å²) in [5.41, 5.74) is 1.84. The molecule has 5 nitrogen and oxygen atoms in total. The number of alkyl halides is 1. The Bertz CT molecular complexity index is 825. The number of imidazole rings is 1. The van der Waals surface area contributed by atoms with Gasteiger partial charge in [0.2, 0.25) is 5.78 Å². The predicted octanol–water partition coefficient (Wildman–Crippen LogP) is 3.34. The van der Waals surface area contributed by atoms with Crippen molar-refractivity contribution in [3.8, 4) is 17.0 Å². The van der Waals surface area contributed by atoms with Crippen molar-refractivity contribution in [2.45, 2.75) is 12.8 Å². The quantitative estimate of drug-likeness (QED) is 0.721. The molecule has 3 heterocycles. The molecule has 124 valence electrons. The first-order valence-corrected chi connectivity index (χ1v) is 8.23. The summed E-state index contributed by atoms with van der Waals surface area (Å²) in [4.78, 5) is 11.6. The summed E-state index contributed by atoms with van der Waals surface area (Å²) in [6.45, 7) is 1.73. The topological polar surface area (TPSA) is 42.7 Å². The maximum Gasteiger partial charge on any atom is 0.236 e. The number of fused-ring (bicyclic) bond motifs is 1. The van der Waals surface area contributed by atoms with Gasteiger partial charge in [-0.05, 0) is 43.2 Å². The Hall–Kier alpha value is -2.63. The molecule has 0 spiro atoms. The van der Waals surface area contributed by atoms with Gasteiger partial charge in [0.25, 0.3) is 0 Å². The molecule has 24 heavy (non-hydrogen) atoms. The van der Waals surface area contributed by atoms with Crippen molar-refractivity contribution in [3.05, 3.63) is 42.7 Å². The summed E-state index contributed by atoms with van der Waals surface area (Å²) >= 11 is 0. The SMILES string of the molecule is FCCOc1ccc(-c2cn3ccc(N4CCCC4)nc3n2)cc1. The van der Waals surface area contributed by atoms with Gasteiger partial charge in [-0.15, -0.1) is 0 Å². The standard InChI is InChI=1S/C18H19FN4O/c19-8-12-24-15-5-3-14(4-6-15)16-13-23-11-7-17(21-18(23)20-16)22-9-1-2-10-22/h3-7,11,13H,1-2,8-10,12H2. The Morgan fingerprint density at radius 3 is 2.58 bits per heavy atom. The number of aromatic nitrogens is 3. The fraction of sp³-hybridized carbons (Fsp3) is 0.333. The number of hydrogen-bond donors (Lipinski definition) is 0. The van der Waals surface area contributed by atoms with E-state index in [1.165, 1.54) is 12.8 Å². The highest BCUT2D eigenvalue weighted by atomic mass is 19.1. The lowest BCUT2D eigenvalue weighted by atomic mass is 10.2. The largest absolute Gasteiger partial charge is 0.491 e. The molecule has 0 unspecified atom stereocenters. The van der Waals surface area contributed by atoms with Crippen molar-refractivity contribution in [1.29, 1.82) is 0 Å². The molecule has 3 aromatic rings. The summed E-state index contributed by atoms with van der Waals surface area (Å²) in [5, 5.41) is 0. The molecular weight excluding hydrogens is 307 g/mol. The first-order valence-electron chi connectivity index (χ1n) is 8.23. The van der Waals surface area contributed by atoms with Gasteiger partial charge in [-0.1, -0.05) is 0 Å². The van der Waals surface area contributed by atoms with Gasteiger partial charge >= 0.3 is 0 Å². The van der Waals surface area contributed by atoms with Crippen molar-refractivity contribution in [3.63, 3.8) is 0 Å². The Labute approximate surface area is 139 Å². The van der Waals surface area contributed by atoms with Crippen LogP contribution in [0.25, 0.3) is 17.0 Å². The average Bonchev–Trinajstić information content (AvgIpc) is 3.29. The van der Waals surface area contributed by atoms with Crippen LogP contribution < -0.4 is 9.64 Å². The highest BCUT2D eigenvalue weighted by Gasteiger charge is 2.14. The van der Waals surface area contributed by atoms with E-state index in [2.05, 4.69) is 14.9 Å². The molecule has 0 N–H and O–H groups in total. The van der Waals surface area contributed by atoms with Gasteiger partial charge in [-0.3, -0.25) is 4.40 Å². The van der Waals surface area contributed by atoms with Gasteiger partial charge in [0.05, 0.1) is 5.69 Å². The molecule has 0 radical (unpaired) electrons. The molecule has 0 bridgehead atoms. The van der Waals surface area contributed by atoms with Gasteiger partial charge in [0.15, 0.2) is 0 Å². The molecule has 0 saturated carbocycles. The van der Waals surface area contributed by atoms with Crippen molar-refractivity contribution < 1.29 is 9.13 Å². The van der Waals surface area contributed by atoms with Gasteiger partial charge in [0.1, 0.15) is 24.8 Å². The molecule has 1 aliphatic rings. The number of rotatable bonds is 5. The van der Waals surface area contributed by atoms with Crippen LogP contribution >= 0.6 is 0 Å². The van der Waals surface area contributed by atoms with Gasteiger partial charge in [0, 0.05) is 31.0 Å². The van der Waals surface area contributed by atoms with E-state index in [0.29, 0.717) is 11.5 Å². The second-order valence-electron chi connectivity index (χ2n) is 5.88. The summed E-state index contributed by atoms with van der Waals surface area (Å²) in [6.07, 6.45) is 6.42. The maximum atomic E-state index is 12.1. The van der Waals surface area contributed by atoms with Crippen molar-refractivity contribution in [2.24, 2.45) is 0 Å². The lowest BCUT2D eigenvalue weighted by molar-refractivity contribution is 0.273. The number of anilines is 1. The normalized spacial score (nSPS) is 14.5. The predicted molar refractivity (Wildman–Crippen MR) is 91.3 cm³/mol. The van der Waals surface area contributed by atoms with Crippen LogP contribution in [0.3, 0.4) is 0 Å². The Morgan fingerprint density at radius 1 is 1.04 bits per heavy atom. The summed E-state index contributed by atoms with van der Waals surface area (Å²) < 4.78 is 19.3. The van der Waals surface area contributed by atoms with Crippen LogP contribution in [0.5, 0.6) is 5.75 Å². The number of nitrogens with zero attached hydrogens (tertiary/aromatic N) is 4. The molecule has 0 amide bonds. The third kappa shape index (κ3) is 2.91. The molecule has 0 aliphatic carbocycles. The van der Waals surface area contributed by atoms with E-state index < -0.39 is 6.67 Å². The number of benzene rings is 1. The molecular formula is C18H19FN4O. The summed E-state index contributed by atoms with van der Waals surface area (Å²) in [6, 6.07) is 9.56. The second-order valence-corrected chi connectivity index (χ2v) is 5.88. The van der Waals surface area contributed by atoms with Crippen LogP contribution in [-0.4, -0.2) is 40.7 Å². The Balaban J connectivity index is 1.60. The monoisotopic (exact) mass is 326 g/mol. The molecule has 2 aromatic heterocycles. The van der Waals surface area contributed by atoms with E-state index in [1.54, 1.807) is 0 Å². The molecule has 1 saturated heterocycles. The van der Waals surface area contributed by atoms with E-state index in [9.17, 15) is 4.39 Å². The number of hydrogen-bond acceptors (Lipinski definition) is 4. The van der Waals surface area contributed by atoms with E-state index in [1.807, 2.05) is 47.1 Å². The minimum absolute atomic E-state index is 0.0803. The van der Waals surface area contributed by atoms with E-state index in [4.69, 9.17) is 4.74 Å². The smallest absolute Gasteiger partial charge is 0.236 e. The molecule has 1 aromatic carbocycles. The molecule has 1 fully saturated rings. The van der Waals surface area contributed by atoms with Crippen LogP contribution in [-0.2, 0) is 0 Å². The number of ether oxygens (including phenoxy) is 1. The fourth-order valence-electron chi connectivity index (χ4n) is 3.00. The molecule has 6 heteroatoms.